The van der Waals surface area contributed by atoms with Crippen molar-refractivity contribution in [2.24, 2.45) is 12.8 Å². The number of aromatic nitrogens is 3. The SMILES string of the molecule is Cn1cc(S(=O)(=O)N2CCCCC2)cc1-c1nc(C2(N)CCC2)no1. The van der Waals surface area contributed by atoms with Gasteiger partial charge in [0.05, 0.1) is 5.54 Å². The van der Waals surface area contributed by atoms with Gasteiger partial charge in [-0.1, -0.05) is 11.6 Å². The molecular formula is C16H23N5O3S. The second-order valence-corrected chi connectivity index (χ2v) is 9.01. The third-order valence-electron chi connectivity index (χ3n) is 5.27. The summed E-state index contributed by atoms with van der Waals surface area (Å²) in [6, 6.07) is 1.60. The van der Waals surface area contributed by atoms with Crippen molar-refractivity contribution in [2.45, 2.75) is 49.0 Å². The number of hydrogen-bond donors (Lipinski definition) is 1. The molecule has 9 heteroatoms. The molecule has 2 N–H and O–H groups in total. The quantitative estimate of drug-likeness (QED) is 0.881. The predicted octanol–water partition coefficient (Wildman–Crippen LogP) is 1.59. The Labute approximate surface area is 147 Å². The molecule has 0 unspecified atom stereocenters. The van der Waals surface area contributed by atoms with E-state index >= 15 is 0 Å². The van der Waals surface area contributed by atoms with E-state index in [9.17, 15) is 8.42 Å². The molecule has 0 aromatic carbocycles. The summed E-state index contributed by atoms with van der Waals surface area (Å²) in [6.45, 7) is 1.15. The van der Waals surface area contributed by atoms with Gasteiger partial charge in [-0.25, -0.2) is 8.42 Å². The fourth-order valence-corrected chi connectivity index (χ4v) is 5.04. The fraction of sp³-hybridized carbons (Fsp3) is 0.625. The lowest BCUT2D eigenvalue weighted by Crippen LogP contribution is -2.44. The molecule has 0 radical (unpaired) electrons. The summed E-state index contributed by atoms with van der Waals surface area (Å²) in [5, 5.41) is 4.00. The van der Waals surface area contributed by atoms with E-state index in [-0.39, 0.29) is 4.90 Å². The van der Waals surface area contributed by atoms with Crippen molar-refractivity contribution in [1.29, 1.82) is 0 Å². The molecule has 1 aliphatic carbocycles. The number of rotatable bonds is 4. The highest BCUT2D eigenvalue weighted by molar-refractivity contribution is 7.89. The van der Waals surface area contributed by atoms with Crippen molar-refractivity contribution in [3.05, 3.63) is 18.1 Å². The van der Waals surface area contributed by atoms with Crippen LogP contribution in [0.25, 0.3) is 11.6 Å². The lowest BCUT2D eigenvalue weighted by atomic mass is 9.77. The average Bonchev–Trinajstić information content (AvgIpc) is 3.20. The minimum Gasteiger partial charge on any atom is -0.345 e. The van der Waals surface area contributed by atoms with Gasteiger partial charge >= 0.3 is 0 Å². The van der Waals surface area contributed by atoms with Gasteiger partial charge in [0.2, 0.25) is 10.0 Å². The fourth-order valence-electron chi connectivity index (χ4n) is 3.45. The van der Waals surface area contributed by atoms with Crippen LogP contribution >= 0.6 is 0 Å². The smallest absolute Gasteiger partial charge is 0.274 e. The van der Waals surface area contributed by atoms with Crippen molar-refractivity contribution >= 4 is 10.0 Å². The predicted molar refractivity (Wildman–Crippen MR) is 91.0 cm³/mol. The van der Waals surface area contributed by atoms with Crippen LogP contribution in [-0.4, -0.2) is 40.5 Å². The van der Waals surface area contributed by atoms with Gasteiger partial charge in [0.25, 0.3) is 5.89 Å². The maximum atomic E-state index is 12.8. The van der Waals surface area contributed by atoms with Crippen molar-refractivity contribution in [3.63, 3.8) is 0 Å². The molecule has 1 aliphatic heterocycles. The lowest BCUT2D eigenvalue weighted by molar-refractivity contribution is 0.229. The van der Waals surface area contributed by atoms with Crippen LogP contribution < -0.4 is 5.73 Å². The molecule has 0 atom stereocenters. The Morgan fingerprint density at radius 1 is 1.20 bits per heavy atom. The molecule has 2 aromatic heterocycles. The van der Waals surface area contributed by atoms with Gasteiger partial charge in [-0.3, -0.25) is 0 Å². The Bertz CT molecular complexity index is 875. The van der Waals surface area contributed by atoms with E-state index in [1.165, 1.54) is 0 Å². The molecule has 2 fully saturated rings. The van der Waals surface area contributed by atoms with Crippen LogP contribution in [-0.2, 0) is 22.6 Å². The molecular weight excluding hydrogens is 342 g/mol. The molecule has 25 heavy (non-hydrogen) atoms. The number of aryl methyl sites for hydroxylation is 1. The van der Waals surface area contributed by atoms with Crippen LogP contribution in [0.4, 0.5) is 0 Å². The molecule has 2 aromatic rings. The zero-order valence-electron chi connectivity index (χ0n) is 14.3. The summed E-state index contributed by atoms with van der Waals surface area (Å²) in [6.07, 6.45) is 7.24. The highest BCUT2D eigenvalue weighted by Crippen LogP contribution is 2.38. The van der Waals surface area contributed by atoms with Gasteiger partial charge in [0.1, 0.15) is 10.6 Å². The second-order valence-electron chi connectivity index (χ2n) is 7.07. The number of hydrogen-bond acceptors (Lipinski definition) is 6. The third kappa shape index (κ3) is 2.80. The molecule has 0 bridgehead atoms. The zero-order valence-corrected chi connectivity index (χ0v) is 15.1. The summed E-state index contributed by atoms with van der Waals surface area (Å²) in [4.78, 5) is 4.67. The average molecular weight is 365 g/mol. The van der Waals surface area contributed by atoms with Crippen LogP contribution in [0.2, 0.25) is 0 Å². The van der Waals surface area contributed by atoms with E-state index in [0.29, 0.717) is 30.5 Å². The summed E-state index contributed by atoms with van der Waals surface area (Å²) in [5.41, 5.74) is 6.31. The number of piperidine rings is 1. The second kappa shape index (κ2) is 5.93. The molecule has 136 valence electrons. The Kier molecular flexibility index (Phi) is 3.97. The van der Waals surface area contributed by atoms with Crippen LogP contribution in [0, 0.1) is 0 Å². The van der Waals surface area contributed by atoms with E-state index < -0.39 is 15.6 Å². The summed E-state index contributed by atoms with van der Waals surface area (Å²) >= 11 is 0. The van der Waals surface area contributed by atoms with Gasteiger partial charge in [-0.15, -0.1) is 0 Å². The topological polar surface area (TPSA) is 107 Å². The van der Waals surface area contributed by atoms with Crippen LogP contribution in [0.1, 0.15) is 44.3 Å². The Morgan fingerprint density at radius 3 is 2.56 bits per heavy atom. The molecule has 8 nitrogen and oxygen atoms in total. The molecule has 4 rings (SSSR count). The van der Waals surface area contributed by atoms with Crippen LogP contribution in [0.15, 0.2) is 21.7 Å². The highest BCUT2D eigenvalue weighted by Gasteiger charge is 2.39. The van der Waals surface area contributed by atoms with E-state index in [2.05, 4.69) is 10.1 Å². The Morgan fingerprint density at radius 2 is 1.92 bits per heavy atom. The van der Waals surface area contributed by atoms with Crippen molar-refractivity contribution in [2.75, 3.05) is 13.1 Å². The molecule has 1 saturated heterocycles. The van der Waals surface area contributed by atoms with Gasteiger partial charge in [-0.05, 0) is 38.2 Å². The van der Waals surface area contributed by atoms with Crippen molar-refractivity contribution in [1.82, 2.24) is 19.0 Å². The molecule has 0 amide bonds. The van der Waals surface area contributed by atoms with Gasteiger partial charge < -0.3 is 14.8 Å². The van der Waals surface area contributed by atoms with E-state index in [4.69, 9.17) is 10.3 Å². The van der Waals surface area contributed by atoms with E-state index in [0.717, 1.165) is 38.5 Å². The monoisotopic (exact) mass is 365 g/mol. The van der Waals surface area contributed by atoms with Crippen molar-refractivity contribution in [3.8, 4) is 11.6 Å². The molecule has 3 heterocycles. The number of nitrogens with zero attached hydrogens (tertiary/aromatic N) is 4. The van der Waals surface area contributed by atoms with E-state index in [1.807, 2.05) is 0 Å². The first-order valence-electron chi connectivity index (χ1n) is 8.70. The molecule has 0 spiro atoms. The van der Waals surface area contributed by atoms with Crippen molar-refractivity contribution < 1.29 is 12.9 Å². The molecule has 2 aliphatic rings. The zero-order chi connectivity index (χ0) is 17.7. The van der Waals surface area contributed by atoms with E-state index in [1.54, 1.807) is 28.2 Å². The lowest BCUT2D eigenvalue weighted by Gasteiger charge is -2.34. The number of sulfonamides is 1. The van der Waals surface area contributed by atoms with Crippen LogP contribution in [0.5, 0.6) is 0 Å². The summed E-state index contributed by atoms with van der Waals surface area (Å²) in [7, 11) is -1.72. The first-order valence-corrected chi connectivity index (χ1v) is 10.1. The minimum atomic E-state index is -3.49. The molecule has 1 saturated carbocycles. The standard InChI is InChI=1S/C16H23N5O3S/c1-20-11-12(25(22,23)21-8-3-2-4-9-21)10-13(20)14-18-15(19-24-14)16(17)6-5-7-16/h10-11H,2-9,17H2,1H3. The third-order valence-corrected chi connectivity index (χ3v) is 7.13. The first-order chi connectivity index (χ1) is 11.9. The first kappa shape index (κ1) is 16.7. The summed E-state index contributed by atoms with van der Waals surface area (Å²) in [5.74, 6) is 0.796. The minimum absolute atomic E-state index is 0.262. The number of nitrogens with two attached hydrogens (primary N) is 1. The normalized spacial score (nSPS) is 21.2. The van der Waals surface area contributed by atoms with Gasteiger partial charge in [-0.2, -0.15) is 9.29 Å². The largest absolute Gasteiger partial charge is 0.345 e. The van der Waals surface area contributed by atoms with Crippen LogP contribution in [0.3, 0.4) is 0 Å². The Balaban J connectivity index is 1.64. The maximum absolute atomic E-state index is 12.8. The van der Waals surface area contributed by atoms with Gasteiger partial charge in [0.15, 0.2) is 5.82 Å². The highest BCUT2D eigenvalue weighted by atomic mass is 32.2. The summed E-state index contributed by atoms with van der Waals surface area (Å²) < 4.78 is 34.3. The van der Waals surface area contributed by atoms with Gasteiger partial charge in [0, 0.05) is 26.3 Å². The Hall–Kier alpha value is -1.71. The maximum Gasteiger partial charge on any atom is 0.274 e.